The number of H-pyrrole nitrogens is 1. The first-order valence-electron chi connectivity index (χ1n) is 12.6. The number of carbonyl (C=O) groups is 2. The molecule has 1 aromatic carbocycles. The Hall–Kier alpha value is -2.69. The number of ether oxygens (including phenoxy) is 1. The van der Waals surface area contributed by atoms with Gasteiger partial charge in [0.05, 0.1) is 28.1 Å². The van der Waals surface area contributed by atoms with Gasteiger partial charge >= 0.3 is 5.97 Å². The molecule has 2 aliphatic rings. The lowest BCUT2D eigenvalue weighted by molar-refractivity contribution is 0.0528. The number of fused-ring (bicyclic) bond motifs is 1. The Kier molecular flexibility index (Phi) is 7.45. The van der Waals surface area contributed by atoms with E-state index in [9.17, 15) is 9.59 Å². The third kappa shape index (κ3) is 4.94. The highest BCUT2D eigenvalue weighted by Gasteiger charge is 2.37. The van der Waals surface area contributed by atoms with Gasteiger partial charge in [-0.25, -0.2) is 14.8 Å². The zero-order valence-corrected chi connectivity index (χ0v) is 22.1. The molecule has 3 aromatic rings. The molecule has 5 rings (SSSR count). The minimum atomic E-state index is -0.320. The molecule has 192 valence electrons. The van der Waals surface area contributed by atoms with E-state index >= 15 is 0 Å². The van der Waals surface area contributed by atoms with Crippen LogP contribution in [0.2, 0.25) is 5.15 Å². The van der Waals surface area contributed by atoms with Crippen LogP contribution in [0.25, 0.3) is 10.2 Å². The number of imidazole rings is 1. The fourth-order valence-corrected chi connectivity index (χ4v) is 6.49. The van der Waals surface area contributed by atoms with Crippen molar-refractivity contribution in [3.8, 4) is 0 Å². The zero-order valence-electron chi connectivity index (χ0n) is 20.6. The van der Waals surface area contributed by atoms with Gasteiger partial charge in [0.15, 0.2) is 16.1 Å². The van der Waals surface area contributed by atoms with Gasteiger partial charge in [-0.3, -0.25) is 9.69 Å². The fourth-order valence-electron chi connectivity index (χ4n) is 5.13. The predicted octanol–water partition coefficient (Wildman–Crippen LogP) is 3.89. The van der Waals surface area contributed by atoms with E-state index in [1.807, 2.05) is 19.1 Å². The molecule has 0 saturated carbocycles. The van der Waals surface area contributed by atoms with Crippen LogP contribution in [0.4, 0.5) is 5.13 Å². The van der Waals surface area contributed by atoms with E-state index in [4.69, 9.17) is 21.3 Å². The van der Waals surface area contributed by atoms with Gasteiger partial charge in [0.25, 0.3) is 5.91 Å². The molecular formula is C25H31ClN6O3S. The second-order valence-electron chi connectivity index (χ2n) is 9.20. The van der Waals surface area contributed by atoms with E-state index in [1.54, 1.807) is 13.0 Å². The summed E-state index contributed by atoms with van der Waals surface area (Å²) in [6.07, 6.45) is 3.79. The van der Waals surface area contributed by atoms with Crippen molar-refractivity contribution < 1.29 is 14.3 Å². The highest BCUT2D eigenvalue weighted by Crippen LogP contribution is 2.34. The van der Waals surface area contributed by atoms with Crippen molar-refractivity contribution in [2.75, 3.05) is 37.7 Å². The number of thiazole rings is 1. The predicted molar refractivity (Wildman–Crippen MR) is 141 cm³/mol. The molecule has 11 heteroatoms. The molecule has 36 heavy (non-hydrogen) atoms. The van der Waals surface area contributed by atoms with Crippen LogP contribution in [0.5, 0.6) is 0 Å². The first kappa shape index (κ1) is 25.0. The number of nitrogens with one attached hydrogen (secondary N) is 2. The van der Waals surface area contributed by atoms with Gasteiger partial charge in [-0.1, -0.05) is 35.9 Å². The maximum atomic E-state index is 13.0. The number of carbonyl (C=O) groups excluding carboxylic acids is 2. The number of aryl methyl sites for hydroxylation is 1. The van der Waals surface area contributed by atoms with Crippen LogP contribution in [0.3, 0.4) is 0 Å². The second kappa shape index (κ2) is 10.7. The first-order valence-corrected chi connectivity index (χ1v) is 13.8. The molecule has 2 atom stereocenters. The summed E-state index contributed by atoms with van der Waals surface area (Å²) in [6.45, 7) is 7.65. The van der Waals surface area contributed by atoms with Crippen LogP contribution < -0.4 is 10.2 Å². The van der Waals surface area contributed by atoms with E-state index < -0.39 is 0 Å². The quantitative estimate of drug-likeness (QED) is 0.447. The Morgan fingerprint density at radius 1 is 1.22 bits per heavy atom. The van der Waals surface area contributed by atoms with E-state index in [0.717, 1.165) is 66.5 Å². The zero-order chi connectivity index (χ0) is 25.2. The molecule has 0 spiro atoms. The second-order valence-corrected chi connectivity index (χ2v) is 10.5. The normalized spacial score (nSPS) is 20.7. The summed E-state index contributed by atoms with van der Waals surface area (Å²) in [7, 11) is 0. The number of halogens is 1. The van der Waals surface area contributed by atoms with Gasteiger partial charge in [-0.2, -0.15) is 0 Å². The molecule has 9 nitrogen and oxygen atoms in total. The van der Waals surface area contributed by atoms with E-state index in [1.165, 1.54) is 11.3 Å². The lowest BCUT2D eigenvalue weighted by atomic mass is 9.98. The maximum absolute atomic E-state index is 13.0. The first-order chi connectivity index (χ1) is 17.5. The van der Waals surface area contributed by atoms with Gasteiger partial charge in [-0.05, 0) is 57.8 Å². The lowest BCUT2D eigenvalue weighted by Crippen LogP contribution is -2.60. The van der Waals surface area contributed by atoms with Crippen molar-refractivity contribution in [1.29, 1.82) is 0 Å². The number of benzene rings is 1. The van der Waals surface area contributed by atoms with Gasteiger partial charge < -0.3 is 19.9 Å². The molecule has 1 amide bonds. The van der Waals surface area contributed by atoms with Crippen molar-refractivity contribution in [1.82, 2.24) is 25.2 Å². The van der Waals surface area contributed by atoms with Crippen LogP contribution >= 0.6 is 22.9 Å². The number of nitrogens with zero attached hydrogens (tertiary/aromatic N) is 4. The molecule has 0 radical (unpaired) electrons. The average Bonchev–Trinajstić information content (AvgIpc) is 3.63. The van der Waals surface area contributed by atoms with Crippen LogP contribution in [0.15, 0.2) is 18.2 Å². The molecule has 2 aromatic heterocycles. The van der Waals surface area contributed by atoms with Crippen LogP contribution in [0.1, 0.15) is 59.8 Å². The molecule has 0 aliphatic carbocycles. The van der Waals surface area contributed by atoms with E-state index in [0.29, 0.717) is 23.7 Å². The van der Waals surface area contributed by atoms with Gasteiger partial charge in [-0.15, -0.1) is 0 Å². The van der Waals surface area contributed by atoms with Crippen molar-refractivity contribution in [3.63, 3.8) is 0 Å². The van der Waals surface area contributed by atoms with Crippen molar-refractivity contribution >= 4 is 50.2 Å². The van der Waals surface area contributed by atoms with Crippen LogP contribution in [0, 0.1) is 0 Å². The monoisotopic (exact) mass is 530 g/mol. The number of aromatic amines is 1. The number of aromatic nitrogens is 3. The molecule has 0 bridgehead atoms. The van der Waals surface area contributed by atoms with Gasteiger partial charge in [0.1, 0.15) is 0 Å². The number of hydrogen-bond acceptors (Lipinski definition) is 8. The van der Waals surface area contributed by atoms with Crippen molar-refractivity contribution in [2.24, 2.45) is 0 Å². The summed E-state index contributed by atoms with van der Waals surface area (Å²) >= 11 is 7.69. The summed E-state index contributed by atoms with van der Waals surface area (Å²) in [5.74, 6) is -0.283. The number of rotatable bonds is 7. The molecule has 4 heterocycles. The Balaban J connectivity index is 1.36. The van der Waals surface area contributed by atoms with Crippen molar-refractivity contribution in [2.45, 2.75) is 51.6 Å². The smallest absolute Gasteiger partial charge is 0.339 e. The summed E-state index contributed by atoms with van der Waals surface area (Å²) in [5.41, 5.74) is 2.13. The molecular weight excluding hydrogens is 500 g/mol. The Morgan fingerprint density at radius 2 is 2.03 bits per heavy atom. The van der Waals surface area contributed by atoms with Gasteiger partial charge in [0, 0.05) is 25.2 Å². The largest absolute Gasteiger partial charge is 0.462 e. The highest BCUT2D eigenvalue weighted by molar-refractivity contribution is 7.22. The SMILES string of the molecule is CCOC(=O)c1cccc2nc(N3CCC(NC(=O)c4nc(Cl)c(CC)[nH]4)C(N4CCCC4)C3)sc12. The molecule has 2 saturated heterocycles. The summed E-state index contributed by atoms with van der Waals surface area (Å²) in [4.78, 5) is 42.4. The van der Waals surface area contributed by atoms with Crippen LogP contribution in [-0.4, -0.2) is 76.6 Å². The van der Waals surface area contributed by atoms with Crippen molar-refractivity contribution in [3.05, 3.63) is 40.4 Å². The average molecular weight is 531 g/mol. The molecule has 2 unspecified atom stereocenters. The third-order valence-corrected chi connectivity index (χ3v) is 8.45. The Bertz CT molecular complexity index is 1250. The summed E-state index contributed by atoms with van der Waals surface area (Å²) < 4.78 is 6.09. The maximum Gasteiger partial charge on any atom is 0.339 e. The van der Waals surface area contributed by atoms with Gasteiger partial charge in [0.2, 0.25) is 0 Å². The molecule has 2 fully saturated rings. The number of anilines is 1. The number of hydrogen-bond donors (Lipinski definition) is 2. The van der Waals surface area contributed by atoms with E-state index in [-0.39, 0.29) is 29.8 Å². The third-order valence-electron chi connectivity index (χ3n) is 6.97. The topological polar surface area (TPSA) is 103 Å². The Labute approximate surface area is 219 Å². The molecule has 2 N–H and O–H groups in total. The standard InChI is InChI=1S/C25H31ClN6O3S/c1-3-16-21(26)30-22(27-16)23(33)28-17-10-13-32(14-19(17)31-11-5-6-12-31)25-29-18-9-7-8-15(20(18)36-25)24(34)35-4-2/h7-9,17,19H,3-6,10-14H2,1-2H3,(H,27,30)(H,28,33). The van der Waals surface area contributed by atoms with E-state index in [2.05, 4.69) is 25.1 Å². The summed E-state index contributed by atoms with van der Waals surface area (Å²) in [6, 6.07) is 5.71. The van der Waals surface area contributed by atoms with Crippen LogP contribution in [-0.2, 0) is 11.2 Å². The lowest BCUT2D eigenvalue weighted by Gasteiger charge is -2.43. The number of likely N-dealkylation sites (tertiary alicyclic amines) is 1. The summed E-state index contributed by atoms with van der Waals surface area (Å²) in [5, 5.41) is 4.47. The number of piperidine rings is 1. The number of esters is 1. The minimum absolute atomic E-state index is 0.00901. The Morgan fingerprint density at radius 3 is 2.75 bits per heavy atom. The number of amides is 1. The minimum Gasteiger partial charge on any atom is -0.462 e. The highest BCUT2D eigenvalue weighted by atomic mass is 35.5. The molecule has 2 aliphatic heterocycles. The fraction of sp³-hybridized carbons (Fsp3) is 0.520.